The molecular weight excluding hydrogens is 332 g/mol. The van der Waals surface area contributed by atoms with Crippen LogP contribution in [0.1, 0.15) is 51.4 Å². The third kappa shape index (κ3) is 3.67. The fraction of sp³-hybridized carbons (Fsp3) is 0.800. The molecule has 0 amide bonds. The van der Waals surface area contributed by atoms with Crippen LogP contribution in [0.25, 0.3) is 0 Å². The smallest absolute Gasteiger partial charge is 0.331 e. The second kappa shape index (κ2) is 7.31. The monoisotopic (exact) mass is 362 g/mol. The maximum absolute atomic E-state index is 12.0. The lowest BCUT2D eigenvalue weighted by molar-refractivity contribution is -0.149. The van der Waals surface area contributed by atoms with E-state index in [1.807, 2.05) is 0 Å². The Bertz CT molecular complexity index is 514. The molecule has 4 saturated heterocycles. The van der Waals surface area contributed by atoms with E-state index in [4.69, 9.17) is 9.47 Å². The Balaban J connectivity index is 1.22. The molecule has 0 radical (unpaired) electrons. The van der Waals surface area contributed by atoms with E-state index in [9.17, 15) is 9.59 Å². The number of ether oxygens (including phenoxy) is 2. The van der Waals surface area contributed by atoms with Crippen LogP contribution in [0.15, 0.2) is 12.2 Å². The number of nitrogens with zero attached hydrogens (tertiary/aromatic N) is 2. The van der Waals surface area contributed by atoms with Crippen LogP contribution in [-0.4, -0.2) is 72.2 Å². The van der Waals surface area contributed by atoms with Gasteiger partial charge in [0, 0.05) is 62.0 Å². The molecule has 4 atom stereocenters. The fourth-order valence-electron chi connectivity index (χ4n) is 5.46. The lowest BCUT2D eigenvalue weighted by Crippen LogP contribution is -2.43. The van der Waals surface area contributed by atoms with E-state index < -0.39 is 11.9 Å². The highest BCUT2D eigenvalue weighted by Crippen LogP contribution is 2.36. The molecule has 0 aromatic heterocycles. The van der Waals surface area contributed by atoms with Gasteiger partial charge >= 0.3 is 11.9 Å². The first-order valence-electron chi connectivity index (χ1n) is 10.0. The average Bonchev–Trinajstić information content (AvgIpc) is 2.95. The van der Waals surface area contributed by atoms with Crippen LogP contribution < -0.4 is 0 Å². The van der Waals surface area contributed by atoms with Crippen molar-refractivity contribution in [2.75, 3.05) is 14.1 Å². The third-order valence-electron chi connectivity index (χ3n) is 7.03. The van der Waals surface area contributed by atoms with Gasteiger partial charge in [-0.15, -0.1) is 0 Å². The van der Waals surface area contributed by atoms with Crippen molar-refractivity contribution < 1.29 is 19.1 Å². The standard InChI is InChI=1S/C20H30N2O4/c1-21-13-3-4-14(21)10-17(9-13)25-19(23)7-8-20(24)26-18-11-15-5-6-16(12-18)22(15)2/h7-8,13-18H,3-6,9-12H2,1-2H3. The molecule has 0 aliphatic carbocycles. The molecule has 4 bridgehead atoms. The van der Waals surface area contributed by atoms with Crippen molar-refractivity contribution in [3.05, 3.63) is 12.2 Å². The molecule has 4 unspecified atom stereocenters. The Morgan fingerprint density at radius 2 is 1.00 bits per heavy atom. The summed E-state index contributed by atoms with van der Waals surface area (Å²) in [4.78, 5) is 28.9. The van der Waals surface area contributed by atoms with Crippen LogP contribution in [0.2, 0.25) is 0 Å². The SMILES string of the molecule is CN1C2CCC1CC(OC(=O)C=CC(=O)OC1CC3CCC(C1)N3C)C2. The minimum absolute atomic E-state index is 0.0265. The maximum Gasteiger partial charge on any atom is 0.331 e. The highest BCUT2D eigenvalue weighted by molar-refractivity contribution is 5.91. The molecule has 6 heteroatoms. The van der Waals surface area contributed by atoms with Gasteiger partial charge in [-0.25, -0.2) is 9.59 Å². The molecule has 4 fully saturated rings. The van der Waals surface area contributed by atoms with Crippen LogP contribution in [0.5, 0.6) is 0 Å². The van der Waals surface area contributed by atoms with Gasteiger partial charge in [0.2, 0.25) is 0 Å². The second-order valence-electron chi connectivity index (χ2n) is 8.49. The summed E-state index contributed by atoms with van der Waals surface area (Å²) in [6, 6.07) is 2.11. The number of piperidine rings is 2. The summed E-state index contributed by atoms with van der Waals surface area (Å²) in [5.74, 6) is -0.862. The number of carbonyl (C=O) groups is 2. The van der Waals surface area contributed by atoms with Crippen LogP contribution in [-0.2, 0) is 19.1 Å². The number of rotatable bonds is 4. The van der Waals surface area contributed by atoms with Gasteiger partial charge in [0.25, 0.3) is 0 Å². The van der Waals surface area contributed by atoms with E-state index >= 15 is 0 Å². The minimum Gasteiger partial charge on any atom is -0.459 e. The van der Waals surface area contributed by atoms with Crippen molar-refractivity contribution in [2.24, 2.45) is 0 Å². The Kier molecular flexibility index (Phi) is 5.06. The van der Waals surface area contributed by atoms with E-state index in [0.29, 0.717) is 24.2 Å². The molecular formula is C20H30N2O4. The van der Waals surface area contributed by atoms with Gasteiger partial charge in [-0.3, -0.25) is 0 Å². The molecule has 4 heterocycles. The first-order chi connectivity index (χ1) is 12.5. The molecule has 0 aromatic carbocycles. The van der Waals surface area contributed by atoms with Gasteiger partial charge in [-0.05, 0) is 39.8 Å². The first kappa shape index (κ1) is 18.0. The van der Waals surface area contributed by atoms with E-state index in [1.54, 1.807) is 0 Å². The van der Waals surface area contributed by atoms with Crippen LogP contribution in [0.4, 0.5) is 0 Å². The van der Waals surface area contributed by atoms with Crippen molar-refractivity contribution in [1.82, 2.24) is 9.80 Å². The van der Waals surface area contributed by atoms with Gasteiger partial charge < -0.3 is 19.3 Å². The summed E-state index contributed by atoms with van der Waals surface area (Å²) in [5.41, 5.74) is 0. The van der Waals surface area contributed by atoms with Crippen molar-refractivity contribution in [3.8, 4) is 0 Å². The Labute approximate surface area is 155 Å². The molecule has 26 heavy (non-hydrogen) atoms. The van der Waals surface area contributed by atoms with Crippen molar-refractivity contribution in [2.45, 2.75) is 87.7 Å². The summed E-state index contributed by atoms with van der Waals surface area (Å²) >= 11 is 0. The molecule has 144 valence electrons. The van der Waals surface area contributed by atoms with Gasteiger partial charge in [0.05, 0.1) is 0 Å². The van der Waals surface area contributed by atoms with Crippen molar-refractivity contribution in [1.29, 1.82) is 0 Å². The van der Waals surface area contributed by atoms with Crippen LogP contribution >= 0.6 is 0 Å². The lowest BCUT2D eigenvalue weighted by Gasteiger charge is -2.35. The van der Waals surface area contributed by atoms with Gasteiger partial charge in [0.1, 0.15) is 12.2 Å². The van der Waals surface area contributed by atoms with Crippen LogP contribution in [0, 0.1) is 0 Å². The quantitative estimate of drug-likeness (QED) is 0.562. The van der Waals surface area contributed by atoms with Crippen molar-refractivity contribution >= 4 is 11.9 Å². The second-order valence-corrected chi connectivity index (χ2v) is 8.49. The van der Waals surface area contributed by atoms with Crippen LogP contribution in [0.3, 0.4) is 0 Å². The molecule has 4 rings (SSSR count). The molecule has 0 spiro atoms. The number of fused-ring (bicyclic) bond motifs is 4. The summed E-state index contributed by atoms with van der Waals surface area (Å²) in [7, 11) is 4.32. The number of hydrogen-bond acceptors (Lipinski definition) is 6. The first-order valence-corrected chi connectivity index (χ1v) is 10.0. The van der Waals surface area contributed by atoms with E-state index in [0.717, 1.165) is 25.7 Å². The molecule has 4 aliphatic rings. The normalized spacial score (nSPS) is 40.1. The third-order valence-corrected chi connectivity index (χ3v) is 7.03. The minimum atomic E-state index is -0.431. The summed E-state index contributed by atoms with van der Waals surface area (Å²) in [6.07, 6.45) is 10.8. The zero-order chi connectivity index (χ0) is 18.3. The number of esters is 2. The van der Waals surface area contributed by atoms with Gasteiger partial charge in [-0.2, -0.15) is 0 Å². The lowest BCUT2D eigenvalue weighted by atomic mass is 10.0. The fourth-order valence-corrected chi connectivity index (χ4v) is 5.46. The molecule has 0 N–H and O–H groups in total. The molecule has 6 nitrogen and oxygen atoms in total. The molecule has 4 aliphatic heterocycles. The van der Waals surface area contributed by atoms with Gasteiger partial charge in [-0.1, -0.05) is 0 Å². The van der Waals surface area contributed by atoms with E-state index in [1.165, 1.54) is 37.8 Å². The summed E-state index contributed by atoms with van der Waals surface area (Å²) < 4.78 is 11.1. The Morgan fingerprint density at radius 3 is 1.31 bits per heavy atom. The summed E-state index contributed by atoms with van der Waals surface area (Å²) in [5, 5.41) is 0. The Hall–Kier alpha value is -1.40. The summed E-state index contributed by atoms with van der Waals surface area (Å²) in [6.45, 7) is 0. The zero-order valence-corrected chi connectivity index (χ0v) is 15.8. The predicted octanol–water partition coefficient (Wildman–Crippen LogP) is 1.88. The zero-order valence-electron chi connectivity index (χ0n) is 15.8. The highest BCUT2D eigenvalue weighted by Gasteiger charge is 2.40. The molecule has 0 aromatic rings. The predicted molar refractivity (Wildman–Crippen MR) is 96.5 cm³/mol. The highest BCUT2D eigenvalue weighted by atomic mass is 16.5. The number of carbonyl (C=O) groups excluding carboxylic acids is 2. The van der Waals surface area contributed by atoms with Gasteiger partial charge in [0.15, 0.2) is 0 Å². The van der Waals surface area contributed by atoms with E-state index in [-0.39, 0.29) is 12.2 Å². The average molecular weight is 362 g/mol. The van der Waals surface area contributed by atoms with Crippen molar-refractivity contribution in [3.63, 3.8) is 0 Å². The largest absolute Gasteiger partial charge is 0.459 e. The number of hydrogen-bond donors (Lipinski definition) is 0. The van der Waals surface area contributed by atoms with E-state index in [2.05, 4.69) is 23.9 Å². The Morgan fingerprint density at radius 1 is 0.692 bits per heavy atom. The topological polar surface area (TPSA) is 59.1 Å². The maximum atomic E-state index is 12.0. The molecule has 0 saturated carbocycles.